The van der Waals surface area contributed by atoms with Crippen molar-refractivity contribution in [3.8, 4) is 0 Å². The van der Waals surface area contributed by atoms with Crippen LogP contribution in [0.2, 0.25) is 0 Å². The predicted octanol–water partition coefficient (Wildman–Crippen LogP) is 0.257. The van der Waals surface area contributed by atoms with Crippen molar-refractivity contribution in [1.29, 1.82) is 0 Å². The number of rotatable bonds is 6. The Bertz CT molecular complexity index is 68.6. The third-order valence-electron chi connectivity index (χ3n) is 1.29. The Kier molecular flexibility index (Phi) is 6.91. The Morgan fingerprint density at radius 3 is 2.60 bits per heavy atom. The molecule has 0 heterocycles. The fourth-order valence-corrected chi connectivity index (χ4v) is 0.486. The first-order chi connectivity index (χ1) is 4.81. The summed E-state index contributed by atoms with van der Waals surface area (Å²) in [4.78, 5) is 0. The average molecular weight is 147 g/mol. The lowest BCUT2D eigenvalue weighted by molar-refractivity contribution is 0.0620. The molecular formula is C7H17NO2. The van der Waals surface area contributed by atoms with Crippen molar-refractivity contribution in [2.45, 2.75) is 13.0 Å². The van der Waals surface area contributed by atoms with Crippen LogP contribution in [0.5, 0.6) is 0 Å². The Morgan fingerprint density at radius 1 is 1.40 bits per heavy atom. The molecule has 0 fully saturated rings. The third kappa shape index (κ3) is 6.01. The van der Waals surface area contributed by atoms with Gasteiger partial charge in [-0.15, -0.1) is 0 Å². The Labute approximate surface area is 62.7 Å². The third-order valence-corrected chi connectivity index (χ3v) is 1.29. The van der Waals surface area contributed by atoms with Gasteiger partial charge in [0.2, 0.25) is 0 Å². The maximum atomic E-state index is 5.24. The highest BCUT2D eigenvalue weighted by Gasteiger charge is 1.95. The van der Waals surface area contributed by atoms with Crippen LogP contribution < -0.4 is 5.32 Å². The van der Waals surface area contributed by atoms with Crippen molar-refractivity contribution >= 4 is 0 Å². The van der Waals surface area contributed by atoms with Gasteiger partial charge in [0.1, 0.15) is 0 Å². The number of nitrogens with one attached hydrogen (secondary N) is 1. The zero-order valence-corrected chi connectivity index (χ0v) is 7.02. The molecule has 3 nitrogen and oxygen atoms in total. The summed E-state index contributed by atoms with van der Waals surface area (Å²) in [6.45, 7) is 4.19. The topological polar surface area (TPSA) is 30.5 Å². The van der Waals surface area contributed by atoms with Crippen molar-refractivity contribution < 1.29 is 9.47 Å². The van der Waals surface area contributed by atoms with E-state index in [2.05, 4.69) is 12.2 Å². The van der Waals surface area contributed by atoms with Gasteiger partial charge in [-0.25, -0.2) is 0 Å². The monoisotopic (exact) mass is 147 g/mol. The molecule has 0 aliphatic heterocycles. The molecule has 0 bridgehead atoms. The molecule has 0 saturated heterocycles. The number of hydrogen-bond acceptors (Lipinski definition) is 3. The van der Waals surface area contributed by atoms with Gasteiger partial charge in [-0.05, 0) is 14.0 Å². The lowest BCUT2D eigenvalue weighted by atomic mass is 10.4. The smallest absolute Gasteiger partial charge is 0.0701 e. The summed E-state index contributed by atoms with van der Waals surface area (Å²) in [5, 5.41) is 3.08. The lowest BCUT2D eigenvalue weighted by Crippen LogP contribution is -2.27. The van der Waals surface area contributed by atoms with Gasteiger partial charge in [0.15, 0.2) is 0 Å². The van der Waals surface area contributed by atoms with Crippen LogP contribution >= 0.6 is 0 Å². The van der Waals surface area contributed by atoms with Crippen LogP contribution in [0.15, 0.2) is 0 Å². The highest BCUT2D eigenvalue weighted by atomic mass is 16.5. The van der Waals surface area contributed by atoms with Crippen LogP contribution in [0.4, 0.5) is 0 Å². The molecule has 62 valence electrons. The molecule has 0 saturated carbocycles. The van der Waals surface area contributed by atoms with E-state index in [4.69, 9.17) is 9.47 Å². The molecule has 0 aliphatic rings. The highest BCUT2D eigenvalue weighted by Crippen LogP contribution is 1.82. The maximum absolute atomic E-state index is 5.24. The second-order valence-electron chi connectivity index (χ2n) is 2.26. The van der Waals surface area contributed by atoms with E-state index >= 15 is 0 Å². The number of hydrogen-bond donors (Lipinski definition) is 1. The largest absolute Gasteiger partial charge is 0.382 e. The molecule has 0 aromatic carbocycles. The summed E-state index contributed by atoms with van der Waals surface area (Å²) in [6.07, 6.45) is 0. The molecule has 1 unspecified atom stereocenters. The fourth-order valence-electron chi connectivity index (χ4n) is 0.486. The van der Waals surface area contributed by atoms with E-state index in [1.54, 1.807) is 7.11 Å². The van der Waals surface area contributed by atoms with Gasteiger partial charge in [0, 0.05) is 13.2 Å². The summed E-state index contributed by atoms with van der Waals surface area (Å²) in [7, 11) is 3.59. The molecule has 0 aromatic heterocycles. The van der Waals surface area contributed by atoms with Gasteiger partial charge in [0.05, 0.1) is 19.8 Å². The Morgan fingerprint density at radius 2 is 2.10 bits per heavy atom. The fraction of sp³-hybridized carbons (Fsp3) is 1.00. The minimum absolute atomic E-state index is 0.428. The SMILES string of the molecule is CNC(C)COCCOC. The molecule has 0 aromatic rings. The summed E-state index contributed by atoms with van der Waals surface area (Å²) < 4.78 is 10.1. The molecule has 0 spiro atoms. The van der Waals surface area contributed by atoms with E-state index < -0.39 is 0 Å². The molecular weight excluding hydrogens is 130 g/mol. The molecule has 0 amide bonds. The number of likely N-dealkylation sites (N-methyl/N-ethyl adjacent to an activating group) is 1. The molecule has 3 heteroatoms. The van der Waals surface area contributed by atoms with Gasteiger partial charge < -0.3 is 14.8 Å². The van der Waals surface area contributed by atoms with Crippen molar-refractivity contribution in [1.82, 2.24) is 5.32 Å². The Hall–Kier alpha value is -0.120. The zero-order valence-electron chi connectivity index (χ0n) is 7.02. The van der Waals surface area contributed by atoms with Crippen LogP contribution in [-0.2, 0) is 9.47 Å². The summed E-state index contributed by atoms with van der Waals surface area (Å²) >= 11 is 0. The Balaban J connectivity index is 2.89. The quantitative estimate of drug-likeness (QED) is 0.547. The molecule has 10 heavy (non-hydrogen) atoms. The van der Waals surface area contributed by atoms with Gasteiger partial charge in [-0.1, -0.05) is 0 Å². The second-order valence-corrected chi connectivity index (χ2v) is 2.26. The van der Waals surface area contributed by atoms with Crippen LogP contribution in [0.25, 0.3) is 0 Å². The van der Waals surface area contributed by atoms with Crippen molar-refractivity contribution in [3.05, 3.63) is 0 Å². The van der Waals surface area contributed by atoms with Crippen LogP contribution in [0.1, 0.15) is 6.92 Å². The van der Waals surface area contributed by atoms with Crippen molar-refractivity contribution in [3.63, 3.8) is 0 Å². The van der Waals surface area contributed by atoms with Crippen LogP contribution in [0.3, 0.4) is 0 Å². The normalized spacial score (nSPS) is 13.5. The van der Waals surface area contributed by atoms with Gasteiger partial charge in [-0.3, -0.25) is 0 Å². The minimum Gasteiger partial charge on any atom is -0.382 e. The second kappa shape index (κ2) is 6.99. The molecule has 0 rings (SSSR count). The minimum atomic E-state index is 0.428. The van der Waals surface area contributed by atoms with E-state index in [1.807, 2.05) is 7.05 Å². The number of methoxy groups -OCH3 is 1. The first kappa shape index (κ1) is 9.88. The van der Waals surface area contributed by atoms with Crippen molar-refractivity contribution in [2.75, 3.05) is 34.0 Å². The van der Waals surface area contributed by atoms with E-state index in [9.17, 15) is 0 Å². The zero-order chi connectivity index (χ0) is 7.82. The molecule has 0 aliphatic carbocycles. The van der Waals surface area contributed by atoms with Crippen LogP contribution in [-0.4, -0.2) is 40.0 Å². The maximum Gasteiger partial charge on any atom is 0.0701 e. The van der Waals surface area contributed by atoms with E-state index in [0.717, 1.165) is 6.61 Å². The lowest BCUT2D eigenvalue weighted by Gasteiger charge is -2.09. The van der Waals surface area contributed by atoms with Crippen molar-refractivity contribution in [2.24, 2.45) is 0 Å². The van der Waals surface area contributed by atoms with Gasteiger partial charge in [0.25, 0.3) is 0 Å². The standard InChI is InChI=1S/C7H17NO2/c1-7(8-2)6-10-5-4-9-3/h7-8H,4-6H2,1-3H3. The number of ether oxygens (including phenoxy) is 2. The molecule has 0 radical (unpaired) electrons. The van der Waals surface area contributed by atoms with Gasteiger partial charge >= 0.3 is 0 Å². The summed E-state index contributed by atoms with van der Waals surface area (Å²) in [5.74, 6) is 0. The summed E-state index contributed by atoms with van der Waals surface area (Å²) in [5.41, 5.74) is 0. The van der Waals surface area contributed by atoms with E-state index in [-0.39, 0.29) is 0 Å². The van der Waals surface area contributed by atoms with Crippen LogP contribution in [0, 0.1) is 0 Å². The van der Waals surface area contributed by atoms with Gasteiger partial charge in [-0.2, -0.15) is 0 Å². The predicted molar refractivity (Wildman–Crippen MR) is 41.2 cm³/mol. The molecule has 1 atom stereocenters. The van der Waals surface area contributed by atoms with E-state index in [1.165, 1.54) is 0 Å². The average Bonchev–Trinajstić information content (AvgIpc) is 1.98. The van der Waals surface area contributed by atoms with E-state index in [0.29, 0.717) is 19.3 Å². The first-order valence-electron chi connectivity index (χ1n) is 3.55. The highest BCUT2D eigenvalue weighted by molar-refractivity contribution is 4.52. The summed E-state index contributed by atoms with van der Waals surface area (Å²) in [6, 6.07) is 0.428. The molecule has 1 N–H and O–H groups in total. The first-order valence-corrected chi connectivity index (χ1v) is 3.55.